The van der Waals surface area contributed by atoms with E-state index in [0.29, 0.717) is 19.4 Å². The molecule has 2 atom stereocenters. The number of carbonyl (C=O) groups is 1. The van der Waals surface area contributed by atoms with Crippen molar-refractivity contribution in [3.05, 3.63) is 41.3 Å². The fourth-order valence-corrected chi connectivity index (χ4v) is 4.57. The van der Waals surface area contributed by atoms with Gasteiger partial charge in [-0.25, -0.2) is 4.98 Å². The maximum atomic E-state index is 12.4. The summed E-state index contributed by atoms with van der Waals surface area (Å²) in [5.41, 5.74) is 2.76. The quantitative estimate of drug-likeness (QED) is 0.606. The van der Waals surface area contributed by atoms with Gasteiger partial charge in [-0.15, -0.1) is 0 Å². The van der Waals surface area contributed by atoms with Gasteiger partial charge in [0, 0.05) is 51.1 Å². The fourth-order valence-electron chi connectivity index (χ4n) is 4.57. The van der Waals surface area contributed by atoms with Crippen molar-refractivity contribution in [2.75, 3.05) is 32.8 Å². The zero-order chi connectivity index (χ0) is 24.8. The van der Waals surface area contributed by atoms with Gasteiger partial charge >= 0.3 is 6.18 Å². The smallest absolute Gasteiger partial charge is 0.422 e. The second-order valence-corrected chi connectivity index (χ2v) is 9.29. The number of fused-ring (bicyclic) bond motifs is 1. The Hall–Kier alpha value is -2.66. The molecule has 1 saturated heterocycles. The molecule has 0 saturated carbocycles. The number of pyridine rings is 1. The van der Waals surface area contributed by atoms with Gasteiger partial charge in [-0.05, 0) is 36.8 Å². The van der Waals surface area contributed by atoms with Gasteiger partial charge in [0.2, 0.25) is 11.8 Å². The summed E-state index contributed by atoms with van der Waals surface area (Å²) in [7, 11) is 1.82. The van der Waals surface area contributed by atoms with Crippen molar-refractivity contribution in [3.63, 3.8) is 0 Å². The van der Waals surface area contributed by atoms with Gasteiger partial charge in [0.15, 0.2) is 6.61 Å². The third kappa shape index (κ3) is 7.93. The van der Waals surface area contributed by atoms with Gasteiger partial charge in [0.1, 0.15) is 0 Å². The average Bonchev–Trinajstić information content (AvgIpc) is 3.10. The molecule has 0 spiro atoms. The molecule has 1 fully saturated rings. The van der Waals surface area contributed by atoms with Crippen molar-refractivity contribution in [2.24, 2.45) is 7.05 Å². The maximum Gasteiger partial charge on any atom is 0.422 e. The molecule has 1 amide bonds. The number of aromatic nitrogens is 3. The van der Waals surface area contributed by atoms with Gasteiger partial charge < -0.3 is 19.7 Å². The molecule has 2 aromatic heterocycles. The van der Waals surface area contributed by atoms with Crippen LogP contribution in [0.5, 0.6) is 5.88 Å². The summed E-state index contributed by atoms with van der Waals surface area (Å²) in [5, 5.41) is 7.14. The number of ether oxygens (including phenoxy) is 2. The predicted octanol–water partition coefficient (Wildman–Crippen LogP) is 2.45. The first-order chi connectivity index (χ1) is 16.7. The van der Waals surface area contributed by atoms with Crippen LogP contribution in [0.15, 0.2) is 24.5 Å². The van der Waals surface area contributed by atoms with E-state index >= 15 is 0 Å². The summed E-state index contributed by atoms with van der Waals surface area (Å²) in [6.45, 7) is 1.73. The number of halogens is 3. The highest BCUT2D eigenvalue weighted by molar-refractivity contribution is 5.78. The Bertz CT molecular complexity index is 989. The summed E-state index contributed by atoms with van der Waals surface area (Å²) >= 11 is 0. The molecular weight excluding hydrogens is 463 g/mol. The first kappa shape index (κ1) is 25.4. The number of amides is 1. The van der Waals surface area contributed by atoms with Crippen LogP contribution in [0.4, 0.5) is 13.2 Å². The van der Waals surface area contributed by atoms with E-state index in [4.69, 9.17) is 9.47 Å². The lowest BCUT2D eigenvalue weighted by Crippen LogP contribution is -2.44. The molecular formula is C24H32F3N5O3. The van der Waals surface area contributed by atoms with E-state index in [1.54, 1.807) is 10.9 Å². The number of hydrogen-bond acceptors (Lipinski definition) is 6. The molecule has 8 nitrogen and oxygen atoms in total. The molecule has 192 valence electrons. The van der Waals surface area contributed by atoms with E-state index in [9.17, 15) is 18.0 Å². The number of nitrogens with zero attached hydrogens (tertiary/aromatic N) is 4. The van der Waals surface area contributed by atoms with E-state index in [-0.39, 0.29) is 23.9 Å². The highest BCUT2D eigenvalue weighted by Crippen LogP contribution is 2.22. The average molecular weight is 496 g/mol. The van der Waals surface area contributed by atoms with Crippen molar-refractivity contribution < 1.29 is 27.4 Å². The molecule has 11 heteroatoms. The van der Waals surface area contributed by atoms with E-state index in [2.05, 4.69) is 20.3 Å². The van der Waals surface area contributed by atoms with Crippen LogP contribution in [0.25, 0.3) is 0 Å². The molecule has 4 heterocycles. The van der Waals surface area contributed by atoms with E-state index in [0.717, 1.165) is 62.1 Å². The molecule has 35 heavy (non-hydrogen) atoms. The van der Waals surface area contributed by atoms with Crippen LogP contribution >= 0.6 is 0 Å². The molecule has 0 aliphatic carbocycles. The summed E-state index contributed by atoms with van der Waals surface area (Å²) in [4.78, 5) is 18.9. The molecule has 2 aromatic rings. The monoisotopic (exact) mass is 495 g/mol. The standard InChI is InChI=1S/C24H32F3N5O3/c1-31-14-17(13-28-31)12-22(33)29-19-3-4-20(34-15-19)7-10-32-9-6-18-2-5-23(30-21(18)8-11-32)35-16-24(25,26)27/h2,5,13-14,19-20H,3-4,6-12,15-16H2,1H3,(H,29,33)/t19-,20+/m0/s1. The number of alkyl halides is 3. The van der Waals surface area contributed by atoms with Crippen LogP contribution in [0.1, 0.15) is 36.1 Å². The zero-order valence-electron chi connectivity index (χ0n) is 19.9. The van der Waals surface area contributed by atoms with Crippen molar-refractivity contribution in [1.82, 2.24) is 25.0 Å². The minimum atomic E-state index is -4.38. The van der Waals surface area contributed by atoms with Crippen LogP contribution in [0.2, 0.25) is 0 Å². The summed E-state index contributed by atoms with van der Waals surface area (Å²) < 4.78 is 49.7. The Labute approximate surface area is 202 Å². The number of hydrogen-bond donors (Lipinski definition) is 1. The van der Waals surface area contributed by atoms with E-state index < -0.39 is 12.8 Å². The highest BCUT2D eigenvalue weighted by atomic mass is 19.4. The van der Waals surface area contributed by atoms with Gasteiger partial charge in [-0.3, -0.25) is 9.48 Å². The third-order valence-corrected chi connectivity index (χ3v) is 6.41. The van der Waals surface area contributed by atoms with Crippen molar-refractivity contribution >= 4 is 5.91 Å². The largest absolute Gasteiger partial charge is 0.468 e. The molecule has 0 bridgehead atoms. The zero-order valence-corrected chi connectivity index (χ0v) is 19.9. The minimum absolute atomic E-state index is 0.0187. The Morgan fingerprint density at radius 3 is 2.80 bits per heavy atom. The number of rotatable bonds is 8. The normalized spacial score (nSPS) is 21.3. The van der Waals surface area contributed by atoms with Crippen molar-refractivity contribution in [3.8, 4) is 5.88 Å². The van der Waals surface area contributed by atoms with Gasteiger partial charge in [-0.1, -0.05) is 6.07 Å². The number of carbonyl (C=O) groups excluding carboxylic acids is 1. The molecule has 0 aromatic carbocycles. The topological polar surface area (TPSA) is 81.5 Å². The van der Waals surface area contributed by atoms with Crippen LogP contribution in [-0.2, 0) is 35.8 Å². The highest BCUT2D eigenvalue weighted by Gasteiger charge is 2.29. The predicted molar refractivity (Wildman–Crippen MR) is 122 cm³/mol. The van der Waals surface area contributed by atoms with E-state index in [1.165, 1.54) is 6.07 Å². The van der Waals surface area contributed by atoms with Crippen molar-refractivity contribution in [2.45, 2.75) is 56.8 Å². The fraction of sp³-hybridized carbons (Fsp3) is 0.625. The number of aryl methyl sites for hydroxylation is 1. The first-order valence-electron chi connectivity index (χ1n) is 12.0. The molecule has 0 unspecified atom stereocenters. The second kappa shape index (κ2) is 11.4. The number of nitrogens with one attached hydrogen (secondary N) is 1. The van der Waals surface area contributed by atoms with Crippen molar-refractivity contribution in [1.29, 1.82) is 0 Å². The molecule has 2 aliphatic rings. The Balaban J connectivity index is 1.16. The van der Waals surface area contributed by atoms with Gasteiger partial charge in [-0.2, -0.15) is 18.3 Å². The third-order valence-electron chi connectivity index (χ3n) is 6.41. The van der Waals surface area contributed by atoms with Crippen LogP contribution in [0, 0.1) is 0 Å². The minimum Gasteiger partial charge on any atom is -0.468 e. The maximum absolute atomic E-state index is 12.4. The van der Waals surface area contributed by atoms with Crippen LogP contribution in [-0.4, -0.2) is 76.7 Å². The SMILES string of the molecule is Cn1cc(CC(=O)N[C@H]2CC[C@H](CCN3CCc4ccc(OCC(F)(F)F)nc4CC3)OC2)cn1. The van der Waals surface area contributed by atoms with Crippen LogP contribution < -0.4 is 10.1 Å². The lowest BCUT2D eigenvalue weighted by molar-refractivity contribution is -0.154. The molecule has 2 aliphatic heterocycles. The summed E-state index contributed by atoms with van der Waals surface area (Å²) in [6.07, 6.45) is 3.80. The molecule has 1 N–H and O–H groups in total. The van der Waals surface area contributed by atoms with Gasteiger partial charge in [0.25, 0.3) is 0 Å². The summed E-state index contributed by atoms with van der Waals surface area (Å²) in [6, 6.07) is 3.37. The van der Waals surface area contributed by atoms with Crippen LogP contribution in [0.3, 0.4) is 0 Å². The Morgan fingerprint density at radius 1 is 1.26 bits per heavy atom. The Morgan fingerprint density at radius 2 is 2.09 bits per heavy atom. The second-order valence-electron chi connectivity index (χ2n) is 9.29. The molecule has 4 rings (SSSR count). The first-order valence-corrected chi connectivity index (χ1v) is 12.0. The lowest BCUT2D eigenvalue weighted by Gasteiger charge is -2.31. The Kier molecular flexibility index (Phi) is 8.27. The summed E-state index contributed by atoms with van der Waals surface area (Å²) in [5.74, 6) is 0.00182. The van der Waals surface area contributed by atoms with E-state index in [1.807, 2.05) is 19.3 Å². The molecule has 0 radical (unpaired) electrons. The van der Waals surface area contributed by atoms with Gasteiger partial charge in [0.05, 0.1) is 31.4 Å². The lowest BCUT2D eigenvalue weighted by atomic mass is 10.0.